The molecule has 1 fully saturated rings. The summed E-state index contributed by atoms with van der Waals surface area (Å²) < 4.78 is 44.0. The second kappa shape index (κ2) is 7.93. The third kappa shape index (κ3) is 5.00. The fraction of sp³-hybridized carbons (Fsp3) is 0.571. The number of thioether (sulfide) groups is 1. The quantitative estimate of drug-likeness (QED) is 0.651. The Morgan fingerprint density at radius 2 is 2.13 bits per heavy atom. The lowest BCUT2D eigenvalue weighted by atomic mass is 10.1. The topological polar surface area (TPSA) is 66.8 Å². The molecule has 0 radical (unpaired) electrons. The van der Waals surface area contributed by atoms with Gasteiger partial charge in [-0.05, 0) is 30.9 Å². The highest BCUT2D eigenvalue weighted by molar-refractivity contribution is 9.10. The van der Waals surface area contributed by atoms with Crippen LogP contribution in [0.4, 0.5) is 8.78 Å². The molecule has 2 rings (SSSR count). The standard InChI is InChI=1S/C14H18BrF2O4PS/c15-13-7-10(8-23-9-11-3-1-2-6-21-11)4-5-12(13)14(16,17)22(18,19)20/h4-5,7,11H,1-3,6,8-9H2,(H2,18,19,20). The maximum atomic E-state index is 13.7. The molecule has 130 valence electrons. The van der Waals surface area contributed by atoms with Crippen LogP contribution in [0, 0.1) is 0 Å². The van der Waals surface area contributed by atoms with E-state index in [1.807, 2.05) is 0 Å². The van der Waals surface area contributed by atoms with Crippen molar-refractivity contribution in [2.75, 3.05) is 12.4 Å². The Kier molecular flexibility index (Phi) is 6.67. The normalized spacial score (nSPS) is 19.8. The van der Waals surface area contributed by atoms with Gasteiger partial charge in [-0.15, -0.1) is 0 Å². The van der Waals surface area contributed by atoms with Crippen LogP contribution < -0.4 is 0 Å². The Morgan fingerprint density at radius 3 is 2.70 bits per heavy atom. The van der Waals surface area contributed by atoms with Gasteiger partial charge in [-0.2, -0.15) is 20.5 Å². The second-order valence-corrected chi connectivity index (χ2v) is 8.94. The monoisotopic (exact) mass is 430 g/mol. The molecule has 0 saturated carbocycles. The lowest BCUT2D eigenvalue weighted by Gasteiger charge is -2.22. The van der Waals surface area contributed by atoms with Gasteiger partial charge in [0, 0.05) is 28.1 Å². The Labute approximate surface area is 146 Å². The molecule has 0 spiro atoms. The Balaban J connectivity index is 1.97. The van der Waals surface area contributed by atoms with Crippen molar-refractivity contribution in [3.63, 3.8) is 0 Å². The third-order valence-corrected chi connectivity index (χ3v) is 6.34. The molecular formula is C14H18BrF2O4PS. The zero-order valence-corrected chi connectivity index (χ0v) is 15.5. The number of alkyl halides is 2. The van der Waals surface area contributed by atoms with Crippen molar-refractivity contribution in [3.8, 4) is 0 Å². The van der Waals surface area contributed by atoms with Gasteiger partial charge >= 0.3 is 13.3 Å². The van der Waals surface area contributed by atoms with Crippen LogP contribution in [-0.4, -0.2) is 28.3 Å². The predicted octanol–water partition coefficient (Wildman–Crippen LogP) is 4.48. The van der Waals surface area contributed by atoms with Crippen molar-refractivity contribution in [1.82, 2.24) is 0 Å². The molecule has 0 bridgehead atoms. The first kappa shape index (κ1) is 19.3. The van der Waals surface area contributed by atoms with E-state index in [0.717, 1.165) is 36.8 Å². The SMILES string of the molecule is O=P(O)(O)C(F)(F)c1ccc(CSCC2CCCCO2)cc1Br. The van der Waals surface area contributed by atoms with Crippen LogP contribution in [0.1, 0.15) is 30.4 Å². The van der Waals surface area contributed by atoms with E-state index in [-0.39, 0.29) is 10.6 Å². The zero-order valence-electron chi connectivity index (χ0n) is 12.3. The highest BCUT2D eigenvalue weighted by Gasteiger charge is 2.51. The van der Waals surface area contributed by atoms with E-state index in [1.165, 1.54) is 18.6 Å². The summed E-state index contributed by atoms with van der Waals surface area (Å²) in [5.41, 5.74) is -4.09. The molecule has 1 atom stereocenters. The van der Waals surface area contributed by atoms with Gasteiger partial charge in [-0.3, -0.25) is 4.57 Å². The molecule has 9 heteroatoms. The number of benzene rings is 1. The fourth-order valence-electron chi connectivity index (χ4n) is 2.30. The van der Waals surface area contributed by atoms with Crippen molar-refractivity contribution in [2.45, 2.75) is 36.8 Å². The van der Waals surface area contributed by atoms with Crippen LogP contribution in [0.25, 0.3) is 0 Å². The summed E-state index contributed by atoms with van der Waals surface area (Å²) in [7, 11) is -5.56. The summed E-state index contributed by atoms with van der Waals surface area (Å²) in [4.78, 5) is 17.6. The van der Waals surface area contributed by atoms with E-state index in [1.54, 1.807) is 11.8 Å². The molecule has 1 aliphatic rings. The molecule has 1 saturated heterocycles. The molecule has 1 heterocycles. The Hall–Kier alpha value is 0.0200. The average Bonchev–Trinajstić information content (AvgIpc) is 2.47. The van der Waals surface area contributed by atoms with Crippen molar-refractivity contribution in [3.05, 3.63) is 33.8 Å². The van der Waals surface area contributed by atoms with E-state index in [0.29, 0.717) is 5.75 Å². The lowest BCUT2D eigenvalue weighted by molar-refractivity contribution is 0.0315. The van der Waals surface area contributed by atoms with Crippen molar-refractivity contribution < 1.29 is 27.9 Å². The Bertz CT molecular complexity index is 590. The molecule has 0 aliphatic carbocycles. The molecule has 1 aromatic carbocycles. The van der Waals surface area contributed by atoms with Gasteiger partial charge in [0.25, 0.3) is 0 Å². The van der Waals surface area contributed by atoms with Crippen LogP contribution in [0.15, 0.2) is 22.7 Å². The maximum Gasteiger partial charge on any atom is 0.399 e. The third-order valence-electron chi connectivity index (χ3n) is 3.57. The van der Waals surface area contributed by atoms with Crippen LogP contribution in [0.5, 0.6) is 0 Å². The van der Waals surface area contributed by atoms with Gasteiger partial charge in [0.05, 0.1) is 6.10 Å². The average molecular weight is 431 g/mol. The molecule has 1 unspecified atom stereocenters. The van der Waals surface area contributed by atoms with E-state index in [4.69, 9.17) is 14.5 Å². The molecule has 2 N–H and O–H groups in total. The smallest absolute Gasteiger partial charge is 0.377 e. The van der Waals surface area contributed by atoms with E-state index < -0.39 is 18.8 Å². The van der Waals surface area contributed by atoms with Crippen molar-refractivity contribution >= 4 is 35.3 Å². The number of hydrogen-bond acceptors (Lipinski definition) is 3. The maximum absolute atomic E-state index is 13.7. The number of halogens is 3. The van der Waals surface area contributed by atoms with Crippen LogP contribution in [0.3, 0.4) is 0 Å². The number of ether oxygens (including phenoxy) is 1. The first-order valence-corrected chi connectivity index (χ1v) is 10.7. The lowest BCUT2D eigenvalue weighted by Crippen LogP contribution is -2.21. The molecule has 4 nitrogen and oxygen atoms in total. The fourth-order valence-corrected chi connectivity index (χ4v) is 4.69. The van der Waals surface area contributed by atoms with Crippen LogP contribution in [-0.2, 0) is 20.7 Å². The van der Waals surface area contributed by atoms with Crippen LogP contribution in [0.2, 0.25) is 0 Å². The highest BCUT2D eigenvalue weighted by Crippen LogP contribution is 2.60. The minimum absolute atomic E-state index is 0.00200. The van der Waals surface area contributed by atoms with Crippen molar-refractivity contribution in [2.24, 2.45) is 0 Å². The summed E-state index contributed by atoms with van der Waals surface area (Å²) in [6.45, 7) is 0.795. The minimum atomic E-state index is -5.56. The molecule has 1 aromatic rings. The molecular weight excluding hydrogens is 413 g/mol. The van der Waals surface area contributed by atoms with Gasteiger partial charge in [0.15, 0.2) is 0 Å². The zero-order chi connectivity index (χ0) is 17.1. The summed E-state index contributed by atoms with van der Waals surface area (Å²) in [6.07, 6.45) is 3.56. The van der Waals surface area contributed by atoms with Gasteiger partial charge in [-0.25, -0.2) is 0 Å². The molecule has 23 heavy (non-hydrogen) atoms. The first-order chi connectivity index (χ1) is 10.7. The first-order valence-electron chi connectivity index (χ1n) is 7.13. The van der Waals surface area contributed by atoms with Gasteiger partial charge in [0.2, 0.25) is 0 Å². The number of hydrogen-bond donors (Lipinski definition) is 2. The summed E-state index contributed by atoms with van der Waals surface area (Å²) in [5.74, 6) is 1.47. The number of rotatable bonds is 6. The Morgan fingerprint density at radius 1 is 1.39 bits per heavy atom. The summed E-state index contributed by atoms with van der Waals surface area (Å²) in [5, 5.41) is 0. The molecule has 1 aliphatic heterocycles. The highest BCUT2D eigenvalue weighted by atomic mass is 79.9. The summed E-state index contributed by atoms with van der Waals surface area (Å²) >= 11 is 4.64. The molecule has 0 aromatic heterocycles. The van der Waals surface area contributed by atoms with E-state index in [2.05, 4.69) is 15.9 Å². The largest absolute Gasteiger partial charge is 0.399 e. The van der Waals surface area contributed by atoms with Crippen LogP contribution >= 0.6 is 35.3 Å². The van der Waals surface area contributed by atoms with Gasteiger partial charge < -0.3 is 14.5 Å². The predicted molar refractivity (Wildman–Crippen MR) is 89.8 cm³/mol. The summed E-state index contributed by atoms with van der Waals surface area (Å²) in [6, 6.07) is 4.02. The van der Waals surface area contributed by atoms with E-state index >= 15 is 0 Å². The molecule has 0 amide bonds. The second-order valence-electron chi connectivity index (χ2n) is 5.40. The van der Waals surface area contributed by atoms with E-state index in [9.17, 15) is 13.3 Å². The minimum Gasteiger partial charge on any atom is -0.377 e. The van der Waals surface area contributed by atoms with Gasteiger partial charge in [0.1, 0.15) is 0 Å². The van der Waals surface area contributed by atoms with Crippen molar-refractivity contribution in [1.29, 1.82) is 0 Å². The van der Waals surface area contributed by atoms with Gasteiger partial charge in [-0.1, -0.05) is 28.1 Å².